The zero-order valence-corrected chi connectivity index (χ0v) is 13.8. The number of urea groups is 1. The number of imide groups is 1. The van der Waals surface area contributed by atoms with Crippen LogP contribution in [0, 0.1) is 0 Å². The van der Waals surface area contributed by atoms with Gasteiger partial charge >= 0.3 is 6.03 Å². The van der Waals surface area contributed by atoms with Gasteiger partial charge in [0.05, 0.1) is 0 Å². The molecule has 7 nitrogen and oxygen atoms in total. The highest BCUT2D eigenvalue weighted by Crippen LogP contribution is 2.35. The van der Waals surface area contributed by atoms with E-state index in [2.05, 4.69) is 16.0 Å². The standard InChI is InChI=1S/C17H21N3O4/c1-17(2)8-11-7-10(3-5-13(11)24-17)9-18-15(22)12-4-6-14(21)20-16(23)19-12/h3,5,7,12H,4,6,8-9H2,1-2H3,(H,18,22)(H2,19,20,21,23)/t12-/m0/s1. The number of fused-ring (bicyclic) bond motifs is 1. The van der Waals surface area contributed by atoms with E-state index in [1.54, 1.807) is 0 Å². The highest BCUT2D eigenvalue weighted by Gasteiger charge is 2.30. The maximum atomic E-state index is 12.2. The maximum absolute atomic E-state index is 12.2. The second-order valence-electron chi connectivity index (χ2n) is 6.81. The SMILES string of the molecule is CC1(C)Cc2cc(CNC(=O)[C@@H]3CCC(=O)NC(=O)N3)ccc2O1. The molecule has 2 aliphatic rings. The lowest BCUT2D eigenvalue weighted by Crippen LogP contribution is -2.48. The van der Waals surface area contributed by atoms with Gasteiger partial charge < -0.3 is 15.4 Å². The monoisotopic (exact) mass is 331 g/mol. The van der Waals surface area contributed by atoms with Crippen molar-refractivity contribution in [2.45, 2.75) is 51.3 Å². The predicted octanol–water partition coefficient (Wildman–Crippen LogP) is 1.00. The number of amides is 4. The number of rotatable bonds is 3. The van der Waals surface area contributed by atoms with Gasteiger partial charge in [0.1, 0.15) is 17.4 Å². The zero-order valence-electron chi connectivity index (χ0n) is 13.8. The number of ether oxygens (including phenoxy) is 1. The highest BCUT2D eigenvalue weighted by atomic mass is 16.5. The summed E-state index contributed by atoms with van der Waals surface area (Å²) in [5, 5.41) is 7.46. The van der Waals surface area contributed by atoms with Gasteiger partial charge in [0.2, 0.25) is 11.8 Å². The first-order chi connectivity index (χ1) is 11.3. The van der Waals surface area contributed by atoms with Crippen LogP contribution in [0.25, 0.3) is 0 Å². The van der Waals surface area contributed by atoms with E-state index in [4.69, 9.17) is 4.74 Å². The van der Waals surface area contributed by atoms with Crippen molar-refractivity contribution < 1.29 is 19.1 Å². The first-order valence-electron chi connectivity index (χ1n) is 8.01. The van der Waals surface area contributed by atoms with E-state index in [9.17, 15) is 14.4 Å². The summed E-state index contributed by atoms with van der Waals surface area (Å²) in [6.45, 7) is 4.44. The number of hydrogen-bond acceptors (Lipinski definition) is 4. The van der Waals surface area contributed by atoms with E-state index in [0.29, 0.717) is 6.54 Å². The molecule has 1 fully saturated rings. The van der Waals surface area contributed by atoms with E-state index in [-0.39, 0.29) is 30.3 Å². The lowest BCUT2D eigenvalue weighted by Gasteiger charge is -2.16. The van der Waals surface area contributed by atoms with Crippen molar-refractivity contribution in [2.24, 2.45) is 0 Å². The van der Waals surface area contributed by atoms with Gasteiger partial charge in [-0.15, -0.1) is 0 Å². The van der Waals surface area contributed by atoms with E-state index >= 15 is 0 Å². The van der Waals surface area contributed by atoms with Crippen molar-refractivity contribution in [3.05, 3.63) is 29.3 Å². The number of carbonyl (C=O) groups excluding carboxylic acids is 3. The second kappa shape index (κ2) is 6.14. The van der Waals surface area contributed by atoms with Crippen LogP contribution >= 0.6 is 0 Å². The minimum atomic E-state index is -0.701. The Kier molecular flexibility index (Phi) is 4.17. The molecule has 1 atom stereocenters. The molecule has 24 heavy (non-hydrogen) atoms. The van der Waals surface area contributed by atoms with Crippen LogP contribution in [0.15, 0.2) is 18.2 Å². The molecule has 3 rings (SSSR count). The van der Waals surface area contributed by atoms with Crippen LogP contribution in [0.4, 0.5) is 4.79 Å². The fourth-order valence-corrected chi connectivity index (χ4v) is 3.01. The smallest absolute Gasteiger partial charge is 0.322 e. The summed E-state index contributed by atoms with van der Waals surface area (Å²) >= 11 is 0. The van der Waals surface area contributed by atoms with Crippen molar-refractivity contribution >= 4 is 17.8 Å². The molecule has 3 N–H and O–H groups in total. The largest absolute Gasteiger partial charge is 0.487 e. The molecule has 1 aromatic rings. The van der Waals surface area contributed by atoms with E-state index in [1.807, 2.05) is 32.0 Å². The molecule has 7 heteroatoms. The molecule has 0 bridgehead atoms. The minimum absolute atomic E-state index is 0.141. The molecule has 1 aromatic carbocycles. The first-order valence-corrected chi connectivity index (χ1v) is 8.01. The van der Waals surface area contributed by atoms with Gasteiger partial charge in [-0.1, -0.05) is 12.1 Å². The van der Waals surface area contributed by atoms with Crippen molar-refractivity contribution in [3.8, 4) is 5.75 Å². The van der Waals surface area contributed by atoms with Crippen LogP contribution in [-0.4, -0.2) is 29.5 Å². The number of benzene rings is 1. The molecule has 0 aromatic heterocycles. The van der Waals surface area contributed by atoms with Gasteiger partial charge in [-0.05, 0) is 37.5 Å². The summed E-state index contributed by atoms with van der Waals surface area (Å²) in [4.78, 5) is 34.9. The average molecular weight is 331 g/mol. The molecular formula is C17H21N3O4. The van der Waals surface area contributed by atoms with Gasteiger partial charge in [-0.2, -0.15) is 0 Å². The van der Waals surface area contributed by atoms with Gasteiger partial charge in [-0.25, -0.2) is 4.79 Å². The third kappa shape index (κ3) is 3.67. The number of hydrogen-bond donors (Lipinski definition) is 3. The molecule has 0 spiro atoms. The Hall–Kier alpha value is -2.57. The summed E-state index contributed by atoms with van der Waals surface area (Å²) in [7, 11) is 0. The fraction of sp³-hybridized carbons (Fsp3) is 0.471. The van der Waals surface area contributed by atoms with Gasteiger partial charge in [0.25, 0.3) is 0 Å². The van der Waals surface area contributed by atoms with Gasteiger partial charge in [0, 0.05) is 19.4 Å². The quantitative estimate of drug-likeness (QED) is 0.770. The summed E-state index contributed by atoms with van der Waals surface area (Å²) in [5.74, 6) is 0.219. The molecule has 0 radical (unpaired) electrons. The van der Waals surface area contributed by atoms with Crippen LogP contribution in [-0.2, 0) is 22.6 Å². The van der Waals surface area contributed by atoms with Crippen molar-refractivity contribution in [2.75, 3.05) is 0 Å². The lowest BCUT2D eigenvalue weighted by atomic mass is 10.0. The van der Waals surface area contributed by atoms with Crippen LogP contribution in [0.5, 0.6) is 5.75 Å². The first kappa shape index (κ1) is 16.3. The third-order valence-corrected chi connectivity index (χ3v) is 4.13. The Balaban J connectivity index is 1.59. The Morgan fingerprint density at radius 2 is 2.17 bits per heavy atom. The molecule has 1 saturated heterocycles. The van der Waals surface area contributed by atoms with Gasteiger partial charge in [-0.3, -0.25) is 14.9 Å². The average Bonchev–Trinajstić information content (AvgIpc) is 2.70. The van der Waals surface area contributed by atoms with Crippen LogP contribution < -0.4 is 20.7 Å². The Labute approximate surface area is 140 Å². The maximum Gasteiger partial charge on any atom is 0.322 e. The molecule has 128 valence electrons. The molecule has 4 amide bonds. The molecule has 2 heterocycles. The molecule has 0 unspecified atom stereocenters. The molecular weight excluding hydrogens is 310 g/mol. The summed E-state index contributed by atoms with van der Waals surface area (Å²) in [5.41, 5.74) is 1.90. The van der Waals surface area contributed by atoms with E-state index in [1.165, 1.54) is 0 Å². The van der Waals surface area contributed by atoms with Crippen molar-refractivity contribution in [1.82, 2.24) is 16.0 Å². The third-order valence-electron chi connectivity index (χ3n) is 4.13. The molecule has 0 saturated carbocycles. The predicted molar refractivity (Wildman–Crippen MR) is 86.4 cm³/mol. The summed E-state index contributed by atoms with van der Waals surface area (Å²) in [6.07, 6.45) is 1.26. The van der Waals surface area contributed by atoms with Crippen molar-refractivity contribution in [1.29, 1.82) is 0 Å². The van der Waals surface area contributed by atoms with Crippen LogP contribution in [0.1, 0.15) is 37.8 Å². The molecule has 0 aliphatic carbocycles. The van der Waals surface area contributed by atoms with Crippen LogP contribution in [0.3, 0.4) is 0 Å². The Morgan fingerprint density at radius 3 is 2.96 bits per heavy atom. The van der Waals surface area contributed by atoms with E-state index in [0.717, 1.165) is 23.3 Å². The minimum Gasteiger partial charge on any atom is -0.487 e. The van der Waals surface area contributed by atoms with Crippen molar-refractivity contribution in [3.63, 3.8) is 0 Å². The Morgan fingerprint density at radius 1 is 1.38 bits per heavy atom. The summed E-state index contributed by atoms with van der Waals surface area (Å²) < 4.78 is 5.83. The number of nitrogens with one attached hydrogen (secondary N) is 3. The summed E-state index contributed by atoms with van der Waals surface area (Å²) in [6, 6.07) is 4.53. The zero-order chi connectivity index (χ0) is 17.3. The van der Waals surface area contributed by atoms with Crippen LogP contribution in [0.2, 0.25) is 0 Å². The molecule has 2 aliphatic heterocycles. The normalized spacial score (nSPS) is 21.8. The number of carbonyl (C=O) groups is 3. The van der Waals surface area contributed by atoms with E-state index < -0.39 is 12.1 Å². The topological polar surface area (TPSA) is 96.5 Å². The lowest BCUT2D eigenvalue weighted by molar-refractivity contribution is -0.123. The van der Waals surface area contributed by atoms with Gasteiger partial charge in [0.15, 0.2) is 0 Å². The fourth-order valence-electron chi connectivity index (χ4n) is 3.01. The highest BCUT2D eigenvalue weighted by molar-refractivity contribution is 5.98. The Bertz CT molecular complexity index is 699. The second-order valence-corrected chi connectivity index (χ2v) is 6.81.